The number of amidine groups is 1. The molecule has 0 aromatic heterocycles. The highest BCUT2D eigenvalue weighted by molar-refractivity contribution is 6.02. The predicted molar refractivity (Wildman–Crippen MR) is 71.8 cm³/mol. The van der Waals surface area contributed by atoms with E-state index in [1.807, 2.05) is 0 Å². The van der Waals surface area contributed by atoms with Gasteiger partial charge in [0.25, 0.3) is 5.91 Å². The molecule has 1 amide bonds. The lowest BCUT2D eigenvalue weighted by Gasteiger charge is -2.28. The summed E-state index contributed by atoms with van der Waals surface area (Å²) in [6.45, 7) is 0. The summed E-state index contributed by atoms with van der Waals surface area (Å²) in [6.07, 6.45) is 2.87. The SMILES string of the molecule is N/C(=N/O)C1(NC(=O)c2ccc(O)cc2O)CCCC1. The number of hydrogen-bond acceptors (Lipinski definition) is 5. The van der Waals surface area contributed by atoms with E-state index in [-0.39, 0.29) is 22.9 Å². The van der Waals surface area contributed by atoms with Gasteiger partial charge in [-0.3, -0.25) is 4.79 Å². The Morgan fingerprint density at radius 3 is 2.50 bits per heavy atom. The van der Waals surface area contributed by atoms with Crippen LogP contribution >= 0.6 is 0 Å². The molecule has 0 heterocycles. The van der Waals surface area contributed by atoms with Gasteiger partial charge in [0.2, 0.25) is 0 Å². The average Bonchev–Trinajstić information content (AvgIpc) is 2.87. The summed E-state index contributed by atoms with van der Waals surface area (Å²) < 4.78 is 0. The number of carbonyl (C=O) groups is 1. The number of nitrogens with one attached hydrogen (secondary N) is 1. The third kappa shape index (κ3) is 2.47. The summed E-state index contributed by atoms with van der Waals surface area (Å²) in [5.41, 5.74) is 4.83. The normalized spacial score (nSPS) is 17.9. The quantitative estimate of drug-likeness (QED) is 0.243. The van der Waals surface area contributed by atoms with Crippen LogP contribution in [0.5, 0.6) is 11.5 Å². The van der Waals surface area contributed by atoms with Crippen LogP contribution in [0.3, 0.4) is 0 Å². The maximum atomic E-state index is 12.2. The minimum Gasteiger partial charge on any atom is -0.508 e. The predicted octanol–water partition coefficient (Wildman–Crippen LogP) is 0.887. The number of oxime groups is 1. The third-order valence-electron chi connectivity index (χ3n) is 3.63. The Morgan fingerprint density at radius 2 is 1.95 bits per heavy atom. The molecule has 0 aliphatic heterocycles. The average molecular weight is 279 g/mol. The van der Waals surface area contributed by atoms with Gasteiger partial charge in [0.15, 0.2) is 5.84 Å². The van der Waals surface area contributed by atoms with Crippen LogP contribution < -0.4 is 11.1 Å². The smallest absolute Gasteiger partial charge is 0.255 e. The van der Waals surface area contributed by atoms with E-state index >= 15 is 0 Å². The van der Waals surface area contributed by atoms with Gasteiger partial charge in [0.05, 0.1) is 5.56 Å². The van der Waals surface area contributed by atoms with E-state index in [0.29, 0.717) is 12.8 Å². The second-order valence-electron chi connectivity index (χ2n) is 4.93. The summed E-state index contributed by atoms with van der Waals surface area (Å²) >= 11 is 0. The Morgan fingerprint density at radius 1 is 1.30 bits per heavy atom. The first-order chi connectivity index (χ1) is 9.48. The standard InChI is InChI=1S/C13H17N3O4/c14-12(16-20)13(5-1-2-6-13)15-11(19)9-4-3-8(17)7-10(9)18/h3-4,7,17-18,20H,1-2,5-6H2,(H2,14,16)(H,15,19). The molecule has 0 atom stereocenters. The molecule has 2 rings (SSSR count). The molecule has 1 aliphatic rings. The van der Waals surface area contributed by atoms with Crippen LogP contribution in [0.25, 0.3) is 0 Å². The Labute approximate surface area is 115 Å². The van der Waals surface area contributed by atoms with E-state index in [0.717, 1.165) is 18.9 Å². The maximum Gasteiger partial charge on any atom is 0.255 e. The van der Waals surface area contributed by atoms with Crippen molar-refractivity contribution in [3.05, 3.63) is 23.8 Å². The van der Waals surface area contributed by atoms with Gasteiger partial charge in [-0.25, -0.2) is 0 Å². The first-order valence-electron chi connectivity index (χ1n) is 6.31. The van der Waals surface area contributed by atoms with Crippen LogP contribution in [0.1, 0.15) is 36.0 Å². The lowest BCUT2D eigenvalue weighted by atomic mass is 9.95. The van der Waals surface area contributed by atoms with Gasteiger partial charge < -0.3 is 26.5 Å². The fourth-order valence-corrected chi connectivity index (χ4v) is 2.52. The molecule has 0 radical (unpaired) electrons. The van der Waals surface area contributed by atoms with Crippen LogP contribution in [-0.2, 0) is 0 Å². The highest BCUT2D eigenvalue weighted by atomic mass is 16.4. The summed E-state index contributed by atoms with van der Waals surface area (Å²) in [5.74, 6) is -1.03. The molecule has 7 heteroatoms. The molecular formula is C13H17N3O4. The first-order valence-corrected chi connectivity index (χ1v) is 6.31. The second kappa shape index (κ2) is 5.28. The van der Waals surface area contributed by atoms with Gasteiger partial charge in [-0.2, -0.15) is 0 Å². The fourth-order valence-electron chi connectivity index (χ4n) is 2.52. The van der Waals surface area contributed by atoms with Crippen LogP contribution in [-0.4, -0.2) is 32.7 Å². The van der Waals surface area contributed by atoms with E-state index in [1.54, 1.807) is 0 Å². The molecule has 108 valence electrons. The molecule has 1 saturated carbocycles. The number of nitrogens with zero attached hydrogens (tertiary/aromatic N) is 1. The van der Waals surface area contributed by atoms with Crippen molar-refractivity contribution in [2.24, 2.45) is 10.9 Å². The summed E-state index contributed by atoms with van der Waals surface area (Å²) in [5, 5.41) is 33.5. The molecule has 1 aromatic carbocycles. The number of phenolic OH excluding ortho intramolecular Hbond substituents is 2. The molecule has 7 nitrogen and oxygen atoms in total. The number of benzene rings is 1. The third-order valence-corrected chi connectivity index (χ3v) is 3.63. The van der Waals surface area contributed by atoms with Gasteiger partial charge in [-0.15, -0.1) is 0 Å². The zero-order valence-electron chi connectivity index (χ0n) is 10.8. The van der Waals surface area contributed by atoms with E-state index in [2.05, 4.69) is 10.5 Å². The van der Waals surface area contributed by atoms with Crippen LogP contribution in [0, 0.1) is 0 Å². The summed E-state index contributed by atoms with van der Waals surface area (Å²) in [7, 11) is 0. The molecule has 1 aliphatic carbocycles. The molecule has 20 heavy (non-hydrogen) atoms. The summed E-state index contributed by atoms with van der Waals surface area (Å²) in [4.78, 5) is 12.2. The van der Waals surface area contributed by atoms with Crippen LogP contribution in [0.4, 0.5) is 0 Å². The van der Waals surface area contributed by atoms with Gasteiger partial charge in [0, 0.05) is 6.07 Å². The highest BCUT2D eigenvalue weighted by Gasteiger charge is 2.40. The van der Waals surface area contributed by atoms with Gasteiger partial charge in [-0.05, 0) is 25.0 Å². The van der Waals surface area contributed by atoms with Crippen molar-refractivity contribution in [3.8, 4) is 11.5 Å². The number of amides is 1. The Hall–Kier alpha value is -2.44. The van der Waals surface area contributed by atoms with E-state index < -0.39 is 11.4 Å². The van der Waals surface area contributed by atoms with Gasteiger partial charge in [-0.1, -0.05) is 18.0 Å². The fraction of sp³-hybridized carbons (Fsp3) is 0.385. The molecule has 0 bridgehead atoms. The molecule has 6 N–H and O–H groups in total. The monoisotopic (exact) mass is 279 g/mol. The van der Waals surface area contributed by atoms with E-state index in [9.17, 15) is 15.0 Å². The van der Waals surface area contributed by atoms with Crippen molar-refractivity contribution in [1.29, 1.82) is 0 Å². The number of aromatic hydroxyl groups is 2. The minimum absolute atomic E-state index is 0.0276. The highest BCUT2D eigenvalue weighted by Crippen LogP contribution is 2.31. The molecule has 0 saturated heterocycles. The van der Waals surface area contributed by atoms with Crippen molar-refractivity contribution >= 4 is 11.7 Å². The van der Waals surface area contributed by atoms with Crippen LogP contribution in [0.2, 0.25) is 0 Å². The zero-order valence-corrected chi connectivity index (χ0v) is 10.8. The molecule has 0 spiro atoms. The van der Waals surface area contributed by atoms with Gasteiger partial charge >= 0.3 is 0 Å². The van der Waals surface area contributed by atoms with E-state index in [1.165, 1.54) is 12.1 Å². The number of phenols is 2. The summed E-state index contributed by atoms with van der Waals surface area (Å²) in [6, 6.07) is 3.70. The Kier molecular flexibility index (Phi) is 3.69. The molecule has 0 unspecified atom stereocenters. The second-order valence-corrected chi connectivity index (χ2v) is 4.93. The number of hydrogen-bond donors (Lipinski definition) is 5. The number of carbonyl (C=O) groups excluding carboxylic acids is 1. The molecule has 1 aromatic rings. The minimum atomic E-state index is -0.879. The maximum absolute atomic E-state index is 12.2. The largest absolute Gasteiger partial charge is 0.508 e. The topological polar surface area (TPSA) is 128 Å². The van der Waals surface area contributed by atoms with Crippen molar-refractivity contribution in [1.82, 2.24) is 5.32 Å². The van der Waals surface area contributed by atoms with E-state index in [4.69, 9.17) is 10.9 Å². The lowest BCUT2D eigenvalue weighted by molar-refractivity contribution is 0.0920. The first kappa shape index (κ1) is 14.0. The van der Waals surface area contributed by atoms with Crippen molar-refractivity contribution in [2.45, 2.75) is 31.2 Å². The van der Waals surface area contributed by atoms with Crippen molar-refractivity contribution < 1.29 is 20.2 Å². The Bertz CT molecular complexity index is 551. The molecular weight excluding hydrogens is 262 g/mol. The van der Waals surface area contributed by atoms with Crippen LogP contribution in [0.15, 0.2) is 23.4 Å². The number of nitrogens with two attached hydrogens (primary N) is 1. The van der Waals surface area contributed by atoms with Crippen molar-refractivity contribution in [3.63, 3.8) is 0 Å². The lowest BCUT2D eigenvalue weighted by Crippen LogP contribution is -2.55. The number of rotatable bonds is 3. The van der Waals surface area contributed by atoms with Gasteiger partial charge in [0.1, 0.15) is 17.0 Å². The molecule has 1 fully saturated rings. The Balaban J connectivity index is 2.25. The zero-order chi connectivity index (χ0) is 14.8. The van der Waals surface area contributed by atoms with Crippen molar-refractivity contribution in [2.75, 3.05) is 0 Å².